The minimum absolute atomic E-state index is 0.133. The Hall–Kier alpha value is -3.03. The summed E-state index contributed by atoms with van der Waals surface area (Å²) in [4.78, 5) is 28.6. The zero-order valence-corrected chi connectivity index (χ0v) is 20.3. The summed E-state index contributed by atoms with van der Waals surface area (Å²) < 4.78 is 9.64. The molecular weight excluding hydrogens is 420 g/mol. The number of pyridine rings is 1. The van der Waals surface area contributed by atoms with Crippen LogP contribution in [0.15, 0.2) is 48.5 Å². The molecule has 0 bridgehead atoms. The van der Waals surface area contributed by atoms with Crippen molar-refractivity contribution in [1.29, 1.82) is 0 Å². The number of aromatic nitrogens is 1. The highest BCUT2D eigenvalue weighted by molar-refractivity contribution is 5.96. The molecule has 0 aliphatic carbocycles. The zero-order chi connectivity index (χ0) is 24.7. The van der Waals surface area contributed by atoms with E-state index >= 15 is 0 Å². The van der Waals surface area contributed by atoms with Crippen molar-refractivity contribution in [3.8, 4) is 0 Å². The Kier molecular flexibility index (Phi) is 12.7. The lowest BCUT2D eigenvalue weighted by atomic mass is 9.95. The molecule has 0 spiro atoms. The molecule has 0 fully saturated rings. The van der Waals surface area contributed by atoms with Gasteiger partial charge in [-0.2, -0.15) is 0 Å². The van der Waals surface area contributed by atoms with Crippen LogP contribution in [0.25, 0.3) is 6.08 Å². The summed E-state index contributed by atoms with van der Waals surface area (Å²) >= 11 is 0. The van der Waals surface area contributed by atoms with Gasteiger partial charge < -0.3 is 19.9 Å². The van der Waals surface area contributed by atoms with E-state index in [1.165, 1.54) is 6.08 Å². The van der Waals surface area contributed by atoms with E-state index in [2.05, 4.69) is 10.3 Å². The number of nitrogens with one attached hydrogen (secondary N) is 1. The summed E-state index contributed by atoms with van der Waals surface area (Å²) in [7, 11) is 0. The molecule has 7 heteroatoms. The summed E-state index contributed by atoms with van der Waals surface area (Å²) in [6, 6.07) is 13.7. The molecule has 33 heavy (non-hydrogen) atoms. The summed E-state index contributed by atoms with van der Waals surface area (Å²) in [6.45, 7) is 10.8. The maximum Gasteiger partial charge on any atom is 0.330 e. The summed E-state index contributed by atoms with van der Waals surface area (Å²) in [5, 5.41) is 11.0. The van der Waals surface area contributed by atoms with Crippen molar-refractivity contribution in [3.63, 3.8) is 0 Å². The van der Waals surface area contributed by atoms with Gasteiger partial charge in [0.25, 0.3) is 0 Å². The van der Waals surface area contributed by atoms with Crippen LogP contribution >= 0.6 is 0 Å². The highest BCUT2D eigenvalue weighted by Crippen LogP contribution is 2.21. The molecule has 0 atom stereocenters. The van der Waals surface area contributed by atoms with E-state index in [9.17, 15) is 9.59 Å². The fourth-order valence-corrected chi connectivity index (χ4v) is 2.50. The van der Waals surface area contributed by atoms with Crippen LogP contribution in [-0.2, 0) is 25.5 Å². The van der Waals surface area contributed by atoms with Crippen LogP contribution in [0.2, 0.25) is 0 Å². The molecule has 0 saturated heterocycles. The Balaban J connectivity index is 0.000000801. The molecule has 2 N–H and O–H groups in total. The first-order valence-electron chi connectivity index (χ1n) is 11.1. The van der Waals surface area contributed by atoms with Gasteiger partial charge in [0.05, 0.1) is 19.8 Å². The van der Waals surface area contributed by atoms with Gasteiger partial charge in [-0.05, 0) is 37.6 Å². The minimum atomic E-state index is -0.556. The molecule has 0 saturated carbocycles. The largest absolute Gasteiger partial charge is 0.463 e. The Labute approximate surface area is 196 Å². The summed E-state index contributed by atoms with van der Waals surface area (Å²) in [5.41, 5.74) is 2.06. The van der Waals surface area contributed by atoms with Crippen LogP contribution in [0.3, 0.4) is 0 Å². The van der Waals surface area contributed by atoms with Crippen molar-refractivity contribution in [2.24, 2.45) is 5.41 Å². The third kappa shape index (κ3) is 11.4. The number of benzene rings is 1. The van der Waals surface area contributed by atoms with E-state index < -0.39 is 11.4 Å². The fourth-order valence-electron chi connectivity index (χ4n) is 2.50. The molecule has 1 amide bonds. The van der Waals surface area contributed by atoms with E-state index in [4.69, 9.17) is 14.6 Å². The van der Waals surface area contributed by atoms with Gasteiger partial charge in [-0.3, -0.25) is 4.79 Å². The standard InChI is InChI=1S/C22H26N2O3.C4H10O2/c1-5-27-19(25)14-12-17-11-13-18(15-16-9-7-6-8-10-16)23-20(17)24-21(26)22(2,3)4;1-2-6-4-3-5/h6-14H,5,15H2,1-4H3,(H,23,24,26);5H,2-4H2,1H3/b14-12+;. The van der Waals surface area contributed by atoms with Gasteiger partial charge in [0, 0.05) is 35.8 Å². The number of nitrogens with zero attached hydrogens (tertiary/aromatic N) is 1. The molecular formula is C26H36N2O5. The number of carbonyl (C=O) groups excluding carboxylic acids is 2. The van der Waals surface area contributed by atoms with Gasteiger partial charge in [-0.15, -0.1) is 0 Å². The molecule has 180 valence electrons. The number of carbonyl (C=O) groups is 2. The molecule has 1 aromatic carbocycles. The van der Waals surface area contributed by atoms with Crippen LogP contribution in [0.1, 0.15) is 51.4 Å². The quantitative estimate of drug-likeness (QED) is 0.333. The number of aliphatic hydroxyl groups is 1. The molecule has 0 radical (unpaired) electrons. The third-order valence-electron chi connectivity index (χ3n) is 4.25. The second-order valence-electron chi connectivity index (χ2n) is 8.11. The molecule has 0 aliphatic rings. The lowest BCUT2D eigenvalue weighted by Crippen LogP contribution is -2.28. The van der Waals surface area contributed by atoms with Gasteiger partial charge in [0.15, 0.2) is 0 Å². The molecule has 2 rings (SSSR count). The van der Waals surface area contributed by atoms with Gasteiger partial charge in [-0.25, -0.2) is 9.78 Å². The van der Waals surface area contributed by atoms with Crippen LogP contribution in [0, 0.1) is 5.41 Å². The number of hydrogen-bond donors (Lipinski definition) is 2. The van der Waals surface area contributed by atoms with E-state index in [0.717, 1.165) is 11.3 Å². The minimum Gasteiger partial charge on any atom is -0.463 e. The van der Waals surface area contributed by atoms with E-state index in [1.807, 2.05) is 70.2 Å². The zero-order valence-electron chi connectivity index (χ0n) is 20.3. The van der Waals surface area contributed by atoms with Gasteiger partial charge in [0.1, 0.15) is 5.82 Å². The smallest absolute Gasteiger partial charge is 0.330 e. The molecule has 1 heterocycles. The summed E-state index contributed by atoms with van der Waals surface area (Å²) in [5.74, 6) is -0.138. The number of rotatable bonds is 9. The Morgan fingerprint density at radius 2 is 1.76 bits per heavy atom. The maximum absolute atomic E-state index is 12.4. The normalized spacial score (nSPS) is 11.0. The average Bonchev–Trinajstić information content (AvgIpc) is 2.78. The highest BCUT2D eigenvalue weighted by Gasteiger charge is 2.22. The maximum atomic E-state index is 12.4. The first kappa shape index (κ1) is 28.0. The number of ether oxygens (including phenoxy) is 2. The lowest BCUT2D eigenvalue weighted by molar-refractivity contribution is -0.137. The Morgan fingerprint density at radius 3 is 2.30 bits per heavy atom. The predicted molar refractivity (Wildman–Crippen MR) is 131 cm³/mol. The highest BCUT2D eigenvalue weighted by atomic mass is 16.5. The van der Waals surface area contributed by atoms with E-state index in [1.54, 1.807) is 13.0 Å². The first-order chi connectivity index (χ1) is 15.7. The van der Waals surface area contributed by atoms with Crippen LogP contribution in [0.4, 0.5) is 5.82 Å². The van der Waals surface area contributed by atoms with Crippen molar-refractivity contribution in [3.05, 3.63) is 65.4 Å². The van der Waals surface area contributed by atoms with Gasteiger partial charge >= 0.3 is 5.97 Å². The number of esters is 1. The second kappa shape index (κ2) is 14.9. The van der Waals surface area contributed by atoms with Gasteiger partial charge in [0.2, 0.25) is 5.91 Å². The van der Waals surface area contributed by atoms with Crippen molar-refractivity contribution >= 4 is 23.8 Å². The Morgan fingerprint density at radius 1 is 1.06 bits per heavy atom. The van der Waals surface area contributed by atoms with Crippen LogP contribution < -0.4 is 5.32 Å². The number of aliphatic hydroxyl groups excluding tert-OH is 1. The topological polar surface area (TPSA) is 97.8 Å². The summed E-state index contributed by atoms with van der Waals surface area (Å²) in [6.07, 6.45) is 3.60. The van der Waals surface area contributed by atoms with Crippen molar-refractivity contribution < 1.29 is 24.2 Å². The van der Waals surface area contributed by atoms with E-state index in [0.29, 0.717) is 37.6 Å². The SMILES string of the molecule is CCOC(=O)/C=C/c1ccc(Cc2ccccc2)nc1NC(=O)C(C)(C)C.CCOCCO. The molecule has 7 nitrogen and oxygen atoms in total. The number of hydrogen-bond acceptors (Lipinski definition) is 6. The third-order valence-corrected chi connectivity index (χ3v) is 4.25. The van der Waals surface area contributed by atoms with Gasteiger partial charge in [-0.1, -0.05) is 51.1 Å². The first-order valence-corrected chi connectivity index (χ1v) is 11.1. The predicted octanol–water partition coefficient (Wildman–Crippen LogP) is 4.25. The van der Waals surface area contributed by atoms with Crippen molar-refractivity contribution in [2.45, 2.75) is 41.0 Å². The van der Waals surface area contributed by atoms with Crippen molar-refractivity contribution in [2.75, 3.05) is 31.7 Å². The number of anilines is 1. The molecule has 2 aromatic rings. The van der Waals surface area contributed by atoms with Crippen molar-refractivity contribution in [1.82, 2.24) is 4.98 Å². The second-order valence-corrected chi connectivity index (χ2v) is 8.11. The monoisotopic (exact) mass is 456 g/mol. The number of amides is 1. The average molecular weight is 457 g/mol. The molecule has 0 aliphatic heterocycles. The molecule has 0 unspecified atom stereocenters. The van der Waals surface area contributed by atoms with Crippen LogP contribution in [-0.4, -0.2) is 48.4 Å². The molecule has 1 aromatic heterocycles. The lowest BCUT2D eigenvalue weighted by Gasteiger charge is -2.18. The van der Waals surface area contributed by atoms with Crippen LogP contribution in [0.5, 0.6) is 0 Å². The van der Waals surface area contributed by atoms with E-state index in [-0.39, 0.29) is 12.5 Å². The Bertz CT molecular complexity index is 885. The fraction of sp³-hybridized carbons (Fsp3) is 0.423.